The summed E-state index contributed by atoms with van der Waals surface area (Å²) in [5.74, 6) is -0.793. The van der Waals surface area contributed by atoms with E-state index < -0.39 is 22.0 Å². The molecule has 112 valence electrons. The van der Waals surface area contributed by atoms with Gasteiger partial charge in [0, 0.05) is 12.6 Å². The lowest BCUT2D eigenvalue weighted by Gasteiger charge is -2.23. The molecular formula is C13H19FN2O4. The Morgan fingerprint density at radius 2 is 2.20 bits per heavy atom. The van der Waals surface area contributed by atoms with E-state index in [1.165, 1.54) is 13.2 Å². The van der Waals surface area contributed by atoms with E-state index in [0.29, 0.717) is 6.42 Å². The summed E-state index contributed by atoms with van der Waals surface area (Å²) in [6.07, 6.45) is 1.35. The maximum absolute atomic E-state index is 13.8. The van der Waals surface area contributed by atoms with Crippen molar-refractivity contribution < 1.29 is 19.2 Å². The summed E-state index contributed by atoms with van der Waals surface area (Å²) < 4.78 is 18.7. The Morgan fingerprint density at radius 3 is 2.70 bits per heavy atom. The van der Waals surface area contributed by atoms with Crippen molar-refractivity contribution in [2.24, 2.45) is 0 Å². The van der Waals surface area contributed by atoms with Gasteiger partial charge in [-0.1, -0.05) is 13.3 Å². The smallest absolute Gasteiger partial charge is 0.313 e. The minimum Gasteiger partial charge on any atom is -0.490 e. The Bertz CT molecular complexity index is 492. The largest absolute Gasteiger partial charge is 0.490 e. The molecule has 0 aliphatic carbocycles. The van der Waals surface area contributed by atoms with Crippen molar-refractivity contribution in [1.82, 2.24) is 0 Å². The number of nitro benzene ring substituents is 1. The van der Waals surface area contributed by atoms with Gasteiger partial charge >= 0.3 is 5.69 Å². The third kappa shape index (κ3) is 4.06. The molecule has 7 heteroatoms. The molecule has 6 nitrogen and oxygen atoms in total. The van der Waals surface area contributed by atoms with Crippen molar-refractivity contribution in [1.29, 1.82) is 0 Å². The number of anilines is 1. The van der Waals surface area contributed by atoms with Gasteiger partial charge in [-0.3, -0.25) is 10.1 Å². The van der Waals surface area contributed by atoms with Crippen LogP contribution < -0.4 is 10.1 Å². The predicted molar refractivity (Wildman–Crippen MR) is 73.6 cm³/mol. The fourth-order valence-electron chi connectivity index (χ4n) is 1.90. The molecule has 0 aromatic heterocycles. The Labute approximate surface area is 116 Å². The van der Waals surface area contributed by atoms with Crippen molar-refractivity contribution in [3.05, 3.63) is 28.1 Å². The summed E-state index contributed by atoms with van der Waals surface area (Å²) in [6.45, 7) is 3.71. The number of halogens is 1. The fourth-order valence-corrected chi connectivity index (χ4v) is 1.90. The molecule has 0 radical (unpaired) electrons. The van der Waals surface area contributed by atoms with E-state index in [4.69, 9.17) is 4.74 Å². The second-order valence-electron chi connectivity index (χ2n) is 4.86. The van der Waals surface area contributed by atoms with Gasteiger partial charge in [0.25, 0.3) is 0 Å². The molecule has 1 atom stereocenters. The van der Waals surface area contributed by atoms with Gasteiger partial charge in [0.2, 0.25) is 0 Å². The van der Waals surface area contributed by atoms with E-state index in [2.05, 4.69) is 5.32 Å². The molecule has 2 N–H and O–H groups in total. The van der Waals surface area contributed by atoms with Gasteiger partial charge < -0.3 is 15.2 Å². The Kier molecular flexibility index (Phi) is 5.26. The number of methoxy groups -OCH3 is 1. The summed E-state index contributed by atoms with van der Waals surface area (Å²) in [6, 6.07) is 2.02. The van der Waals surface area contributed by atoms with E-state index in [9.17, 15) is 19.6 Å². The SMILES string of the molecule is CCCC(C)(O)CNc1cc(OC)c([N+](=O)[O-])cc1F. The summed E-state index contributed by atoms with van der Waals surface area (Å²) in [5, 5.41) is 23.5. The molecule has 0 saturated heterocycles. The van der Waals surface area contributed by atoms with E-state index >= 15 is 0 Å². The predicted octanol–water partition coefficient (Wildman–Crippen LogP) is 2.71. The average molecular weight is 286 g/mol. The van der Waals surface area contributed by atoms with Crippen LogP contribution >= 0.6 is 0 Å². The number of ether oxygens (including phenoxy) is 1. The van der Waals surface area contributed by atoms with Gasteiger partial charge in [0.05, 0.1) is 29.4 Å². The molecule has 0 fully saturated rings. The van der Waals surface area contributed by atoms with E-state index in [1.807, 2.05) is 6.92 Å². The van der Waals surface area contributed by atoms with Crippen LogP contribution in [-0.4, -0.2) is 29.3 Å². The second kappa shape index (κ2) is 6.51. The Balaban J connectivity index is 2.94. The highest BCUT2D eigenvalue weighted by atomic mass is 19.1. The number of aliphatic hydroxyl groups is 1. The molecule has 1 aromatic rings. The first-order chi connectivity index (χ1) is 9.30. The summed E-state index contributed by atoms with van der Waals surface area (Å²) >= 11 is 0. The minimum atomic E-state index is -0.976. The van der Waals surface area contributed by atoms with Gasteiger partial charge in [-0.2, -0.15) is 0 Å². The van der Waals surface area contributed by atoms with Crippen LogP contribution in [0.5, 0.6) is 5.75 Å². The van der Waals surface area contributed by atoms with Crippen LogP contribution in [0.2, 0.25) is 0 Å². The normalized spacial score (nSPS) is 13.7. The first kappa shape index (κ1) is 16.2. The third-order valence-corrected chi connectivity index (χ3v) is 2.91. The molecule has 1 unspecified atom stereocenters. The van der Waals surface area contributed by atoms with Gasteiger partial charge in [0.1, 0.15) is 0 Å². The second-order valence-corrected chi connectivity index (χ2v) is 4.86. The number of nitrogens with one attached hydrogen (secondary N) is 1. The van der Waals surface area contributed by atoms with Crippen LogP contribution in [0.3, 0.4) is 0 Å². The number of hydrogen-bond donors (Lipinski definition) is 2. The lowest BCUT2D eigenvalue weighted by Crippen LogP contribution is -2.33. The highest BCUT2D eigenvalue weighted by Gasteiger charge is 2.22. The van der Waals surface area contributed by atoms with Crippen molar-refractivity contribution in [3.8, 4) is 5.75 Å². The van der Waals surface area contributed by atoms with Crippen LogP contribution in [0.25, 0.3) is 0 Å². The van der Waals surface area contributed by atoms with Crippen LogP contribution in [0.15, 0.2) is 12.1 Å². The van der Waals surface area contributed by atoms with E-state index in [1.54, 1.807) is 6.92 Å². The Hall–Kier alpha value is -1.89. The van der Waals surface area contributed by atoms with Crippen molar-refractivity contribution in [2.45, 2.75) is 32.3 Å². The molecule has 0 bridgehead atoms. The zero-order chi connectivity index (χ0) is 15.3. The first-order valence-corrected chi connectivity index (χ1v) is 6.29. The molecule has 0 aliphatic heterocycles. The van der Waals surface area contributed by atoms with E-state index in [-0.39, 0.29) is 18.0 Å². The maximum Gasteiger partial charge on any atom is 0.313 e. The van der Waals surface area contributed by atoms with Crippen molar-refractivity contribution in [3.63, 3.8) is 0 Å². The zero-order valence-electron chi connectivity index (χ0n) is 11.8. The van der Waals surface area contributed by atoms with Crippen LogP contribution in [-0.2, 0) is 0 Å². The monoisotopic (exact) mass is 286 g/mol. The number of hydrogen-bond acceptors (Lipinski definition) is 5. The van der Waals surface area contributed by atoms with Gasteiger partial charge in [0.15, 0.2) is 11.6 Å². The lowest BCUT2D eigenvalue weighted by molar-refractivity contribution is -0.385. The molecule has 0 amide bonds. The van der Waals surface area contributed by atoms with Crippen LogP contribution in [0.4, 0.5) is 15.8 Å². The van der Waals surface area contributed by atoms with Gasteiger partial charge in [-0.25, -0.2) is 4.39 Å². The topological polar surface area (TPSA) is 84.6 Å². The highest BCUT2D eigenvalue weighted by Crippen LogP contribution is 2.32. The Morgan fingerprint density at radius 1 is 1.55 bits per heavy atom. The average Bonchev–Trinajstić information content (AvgIpc) is 2.36. The number of rotatable bonds is 7. The quantitative estimate of drug-likeness (QED) is 0.594. The number of benzene rings is 1. The molecule has 0 saturated carbocycles. The standard InChI is InChI=1S/C13H19FN2O4/c1-4-5-13(2,17)8-15-10-7-12(20-3)11(16(18)19)6-9(10)14/h6-7,15,17H,4-5,8H2,1-3H3. The van der Waals surface area contributed by atoms with Crippen LogP contribution in [0, 0.1) is 15.9 Å². The molecule has 20 heavy (non-hydrogen) atoms. The van der Waals surface area contributed by atoms with Crippen molar-refractivity contribution in [2.75, 3.05) is 19.0 Å². The highest BCUT2D eigenvalue weighted by molar-refractivity contribution is 5.59. The minimum absolute atomic E-state index is 0.0333. The maximum atomic E-state index is 13.8. The van der Waals surface area contributed by atoms with Crippen LogP contribution in [0.1, 0.15) is 26.7 Å². The van der Waals surface area contributed by atoms with Gasteiger partial charge in [-0.15, -0.1) is 0 Å². The van der Waals surface area contributed by atoms with E-state index in [0.717, 1.165) is 12.5 Å². The van der Waals surface area contributed by atoms with Gasteiger partial charge in [-0.05, 0) is 13.3 Å². The number of nitro groups is 1. The third-order valence-electron chi connectivity index (χ3n) is 2.91. The molecular weight excluding hydrogens is 267 g/mol. The molecule has 0 spiro atoms. The first-order valence-electron chi connectivity index (χ1n) is 6.29. The molecule has 0 heterocycles. The lowest BCUT2D eigenvalue weighted by atomic mass is 10.0. The molecule has 1 rings (SSSR count). The summed E-state index contributed by atoms with van der Waals surface area (Å²) in [4.78, 5) is 10.0. The molecule has 0 aliphatic rings. The number of nitrogens with zero attached hydrogens (tertiary/aromatic N) is 1. The summed E-state index contributed by atoms with van der Waals surface area (Å²) in [7, 11) is 1.28. The van der Waals surface area contributed by atoms with Crippen molar-refractivity contribution >= 4 is 11.4 Å². The summed E-state index contributed by atoms with van der Waals surface area (Å²) in [5.41, 5.74) is -1.35. The molecule has 1 aromatic carbocycles. The zero-order valence-corrected chi connectivity index (χ0v) is 11.8. The fraction of sp³-hybridized carbons (Fsp3) is 0.538.